The van der Waals surface area contributed by atoms with Crippen molar-refractivity contribution in [2.75, 3.05) is 26.0 Å². The van der Waals surface area contributed by atoms with Gasteiger partial charge in [0.25, 0.3) is 0 Å². The molecule has 1 amide bonds. The van der Waals surface area contributed by atoms with Crippen molar-refractivity contribution in [3.63, 3.8) is 0 Å². The van der Waals surface area contributed by atoms with Crippen LogP contribution in [0.5, 0.6) is 0 Å². The van der Waals surface area contributed by atoms with Crippen molar-refractivity contribution in [1.29, 1.82) is 0 Å². The zero-order valence-corrected chi connectivity index (χ0v) is 11.5. The molecule has 0 fully saturated rings. The number of anilines is 1. The Kier molecular flexibility index (Phi) is 5.15. The van der Waals surface area contributed by atoms with Crippen molar-refractivity contribution >= 4 is 11.6 Å². The van der Waals surface area contributed by atoms with Crippen LogP contribution in [0.4, 0.5) is 5.69 Å². The van der Waals surface area contributed by atoms with Crippen LogP contribution in [0.2, 0.25) is 0 Å². The molecule has 6 heteroatoms. The Labute approximate surface area is 108 Å². The predicted molar refractivity (Wildman–Crippen MR) is 70.5 cm³/mol. The second-order valence-corrected chi connectivity index (χ2v) is 4.46. The van der Waals surface area contributed by atoms with Gasteiger partial charge in [-0.25, -0.2) is 0 Å². The van der Waals surface area contributed by atoms with Crippen LogP contribution in [0.1, 0.15) is 20.3 Å². The largest absolute Gasteiger partial charge is 0.380 e. The Morgan fingerprint density at radius 2 is 2.33 bits per heavy atom. The first-order valence-corrected chi connectivity index (χ1v) is 6.05. The summed E-state index contributed by atoms with van der Waals surface area (Å²) in [7, 11) is 3.32. The number of likely N-dealkylation sites (N-methyl/N-ethyl adjacent to an activating group) is 1. The molecule has 1 rings (SSSR count). The van der Waals surface area contributed by atoms with Crippen LogP contribution in [0.3, 0.4) is 0 Å². The molecule has 0 radical (unpaired) electrons. The molecule has 1 aromatic rings. The summed E-state index contributed by atoms with van der Waals surface area (Å²) in [6.45, 7) is 5.06. The van der Waals surface area contributed by atoms with Crippen LogP contribution in [-0.2, 0) is 16.1 Å². The Morgan fingerprint density at radius 3 is 2.89 bits per heavy atom. The van der Waals surface area contributed by atoms with Crippen LogP contribution in [-0.4, -0.2) is 42.0 Å². The monoisotopic (exact) mass is 254 g/mol. The smallest absolute Gasteiger partial charge is 0.241 e. The number of rotatable bonds is 7. The molecule has 1 heterocycles. The van der Waals surface area contributed by atoms with Crippen molar-refractivity contribution in [2.24, 2.45) is 0 Å². The molecular formula is C12H22N4O2. The molecule has 0 unspecified atom stereocenters. The minimum Gasteiger partial charge on any atom is -0.380 e. The van der Waals surface area contributed by atoms with Gasteiger partial charge in [-0.05, 0) is 13.3 Å². The lowest BCUT2D eigenvalue weighted by atomic mass is 10.0. The Balaban J connectivity index is 2.51. The minimum atomic E-state index is -0.192. The third kappa shape index (κ3) is 4.03. The highest BCUT2D eigenvalue weighted by Crippen LogP contribution is 2.15. The lowest BCUT2D eigenvalue weighted by Crippen LogP contribution is -2.34. The molecule has 0 aliphatic rings. The highest BCUT2D eigenvalue weighted by atomic mass is 16.5. The summed E-state index contributed by atoms with van der Waals surface area (Å²) >= 11 is 0. The van der Waals surface area contributed by atoms with E-state index in [1.54, 1.807) is 31.2 Å². The number of aromatic nitrogens is 2. The lowest BCUT2D eigenvalue weighted by molar-refractivity contribution is -0.121. The highest BCUT2D eigenvalue weighted by Gasteiger charge is 2.20. The van der Waals surface area contributed by atoms with E-state index in [4.69, 9.17) is 4.74 Å². The standard InChI is InChI=1S/C12H22N4O2/c1-5-12(2,18-4)9-14-10-6-15-16(7-10)8-11(17)13-3/h6-7,14H,5,8-9H2,1-4H3,(H,13,17)/t12-/m1/s1. The van der Waals surface area contributed by atoms with Crippen molar-refractivity contribution in [2.45, 2.75) is 32.4 Å². The van der Waals surface area contributed by atoms with E-state index in [1.807, 2.05) is 0 Å². The normalized spacial score (nSPS) is 14.0. The number of amides is 1. The van der Waals surface area contributed by atoms with Gasteiger partial charge in [0.2, 0.25) is 5.91 Å². The molecule has 0 aliphatic carbocycles. The lowest BCUT2D eigenvalue weighted by Gasteiger charge is -2.26. The number of nitrogens with one attached hydrogen (secondary N) is 2. The van der Waals surface area contributed by atoms with E-state index in [0.29, 0.717) is 6.54 Å². The molecule has 2 N–H and O–H groups in total. The quantitative estimate of drug-likeness (QED) is 0.757. The van der Waals surface area contributed by atoms with Gasteiger partial charge in [0.1, 0.15) is 6.54 Å². The third-order valence-electron chi connectivity index (χ3n) is 3.12. The summed E-state index contributed by atoms with van der Waals surface area (Å²) in [6.07, 6.45) is 4.43. The number of ether oxygens (including phenoxy) is 1. The first-order chi connectivity index (χ1) is 8.53. The average Bonchev–Trinajstić information content (AvgIpc) is 2.83. The molecule has 0 bridgehead atoms. The van der Waals surface area contributed by atoms with Gasteiger partial charge in [-0.1, -0.05) is 6.92 Å². The van der Waals surface area contributed by atoms with Crippen LogP contribution >= 0.6 is 0 Å². The van der Waals surface area contributed by atoms with Gasteiger partial charge in [0.15, 0.2) is 0 Å². The number of hydrogen-bond acceptors (Lipinski definition) is 4. The number of methoxy groups -OCH3 is 1. The summed E-state index contributed by atoms with van der Waals surface area (Å²) in [5.74, 6) is -0.0695. The van der Waals surface area contributed by atoms with Crippen LogP contribution in [0.15, 0.2) is 12.4 Å². The van der Waals surface area contributed by atoms with E-state index in [1.165, 1.54) is 0 Å². The Bertz CT molecular complexity index is 385. The Hall–Kier alpha value is -1.56. The zero-order valence-electron chi connectivity index (χ0n) is 11.5. The summed E-state index contributed by atoms with van der Waals surface area (Å²) in [5, 5.41) is 9.92. The van der Waals surface area contributed by atoms with Gasteiger partial charge in [0.05, 0.1) is 17.5 Å². The van der Waals surface area contributed by atoms with Gasteiger partial charge in [0, 0.05) is 26.9 Å². The molecule has 1 atom stereocenters. The first-order valence-electron chi connectivity index (χ1n) is 6.05. The summed E-state index contributed by atoms with van der Waals surface area (Å²) in [5.41, 5.74) is 0.693. The molecule has 0 saturated carbocycles. The fourth-order valence-electron chi connectivity index (χ4n) is 1.40. The van der Waals surface area contributed by atoms with E-state index >= 15 is 0 Å². The van der Waals surface area contributed by atoms with Crippen molar-refractivity contribution < 1.29 is 9.53 Å². The maximum Gasteiger partial charge on any atom is 0.241 e. The summed E-state index contributed by atoms with van der Waals surface area (Å²) < 4.78 is 7.04. The molecule has 0 saturated heterocycles. The maximum absolute atomic E-state index is 11.2. The number of carbonyl (C=O) groups is 1. The fourth-order valence-corrected chi connectivity index (χ4v) is 1.40. The zero-order chi connectivity index (χ0) is 13.6. The average molecular weight is 254 g/mol. The molecule has 18 heavy (non-hydrogen) atoms. The van der Waals surface area contributed by atoms with Gasteiger partial charge in [-0.3, -0.25) is 9.48 Å². The van der Waals surface area contributed by atoms with Gasteiger partial charge >= 0.3 is 0 Å². The molecule has 102 valence electrons. The van der Waals surface area contributed by atoms with Gasteiger partial charge in [-0.15, -0.1) is 0 Å². The fraction of sp³-hybridized carbons (Fsp3) is 0.667. The van der Waals surface area contributed by atoms with Crippen LogP contribution in [0.25, 0.3) is 0 Å². The topological polar surface area (TPSA) is 68.2 Å². The van der Waals surface area contributed by atoms with Crippen molar-refractivity contribution in [1.82, 2.24) is 15.1 Å². The van der Waals surface area contributed by atoms with E-state index in [2.05, 4.69) is 29.6 Å². The summed E-state index contributed by atoms with van der Waals surface area (Å²) in [4.78, 5) is 11.2. The van der Waals surface area contributed by atoms with Crippen molar-refractivity contribution in [3.8, 4) is 0 Å². The van der Waals surface area contributed by atoms with Crippen LogP contribution < -0.4 is 10.6 Å². The van der Waals surface area contributed by atoms with Crippen LogP contribution in [0, 0.1) is 0 Å². The predicted octanol–water partition coefficient (Wildman–Crippen LogP) is 0.856. The van der Waals surface area contributed by atoms with Gasteiger partial charge < -0.3 is 15.4 Å². The number of nitrogens with zero attached hydrogens (tertiary/aromatic N) is 2. The second-order valence-electron chi connectivity index (χ2n) is 4.46. The molecule has 6 nitrogen and oxygen atoms in total. The molecule has 0 spiro atoms. The number of hydrogen-bond donors (Lipinski definition) is 2. The Morgan fingerprint density at radius 1 is 1.61 bits per heavy atom. The molecule has 0 aromatic carbocycles. The second kappa shape index (κ2) is 6.39. The first kappa shape index (κ1) is 14.5. The molecular weight excluding hydrogens is 232 g/mol. The van der Waals surface area contributed by atoms with E-state index in [0.717, 1.165) is 12.1 Å². The molecule has 1 aromatic heterocycles. The van der Waals surface area contributed by atoms with E-state index in [-0.39, 0.29) is 18.1 Å². The summed E-state index contributed by atoms with van der Waals surface area (Å²) in [6, 6.07) is 0. The van der Waals surface area contributed by atoms with E-state index in [9.17, 15) is 4.79 Å². The molecule has 0 aliphatic heterocycles. The van der Waals surface area contributed by atoms with Crippen molar-refractivity contribution in [3.05, 3.63) is 12.4 Å². The SMILES string of the molecule is CC[C@](C)(CNc1cnn(CC(=O)NC)c1)OC. The maximum atomic E-state index is 11.2. The highest BCUT2D eigenvalue weighted by molar-refractivity contribution is 5.75. The number of carbonyl (C=O) groups excluding carboxylic acids is 1. The third-order valence-corrected chi connectivity index (χ3v) is 3.12. The van der Waals surface area contributed by atoms with E-state index < -0.39 is 0 Å². The minimum absolute atomic E-state index is 0.0695. The van der Waals surface area contributed by atoms with Gasteiger partial charge in [-0.2, -0.15) is 5.10 Å².